The molecule has 5 rings (SSSR count). The van der Waals surface area contributed by atoms with Gasteiger partial charge in [0.15, 0.2) is 13.2 Å². The molecule has 0 saturated carbocycles. The van der Waals surface area contributed by atoms with Crippen molar-refractivity contribution in [3.8, 4) is 11.5 Å². The van der Waals surface area contributed by atoms with Gasteiger partial charge in [-0.25, -0.2) is 22.7 Å². The molecule has 3 N–H and O–H groups in total. The maximum Gasteiger partial charge on any atom is 0.416 e. The zero-order chi connectivity index (χ0) is 44.0. The summed E-state index contributed by atoms with van der Waals surface area (Å²) in [6.07, 6.45) is -4.37. The average Bonchev–Trinajstić information content (AvgIpc) is 3.43. The van der Waals surface area contributed by atoms with Crippen molar-refractivity contribution in [2.75, 3.05) is 13.2 Å². The van der Waals surface area contributed by atoms with Crippen molar-refractivity contribution < 1.29 is 63.3 Å². The first-order chi connectivity index (χ1) is 27.2. The largest absolute Gasteiger partial charge is 0.482 e. The van der Waals surface area contributed by atoms with Crippen LogP contribution in [0.5, 0.6) is 11.5 Å². The number of alkyl halides is 6. The number of nitrogens with two attached hydrogens (primary N) is 1. The SMILES string of the molecule is CC(C)(C)OC(=O)COc1cccc2c1CCCCC2N.CC(C)(C)OC(=O)COc1cccc2c1CCCCC2NS(=O)(=O)c1cc(C(F)(F)F)cc(C(F)(F)F)c1. The molecule has 10 nitrogen and oxygen atoms in total. The lowest BCUT2D eigenvalue weighted by atomic mass is 9.99. The minimum absolute atomic E-state index is 0.0626. The van der Waals surface area contributed by atoms with Crippen LogP contribution in [0, 0.1) is 0 Å². The van der Waals surface area contributed by atoms with Crippen LogP contribution in [-0.4, -0.2) is 44.8 Å². The number of rotatable bonds is 9. The number of sulfonamides is 1. The van der Waals surface area contributed by atoms with Gasteiger partial charge in [0.1, 0.15) is 22.7 Å². The number of benzene rings is 3. The van der Waals surface area contributed by atoms with E-state index in [0.29, 0.717) is 36.1 Å². The van der Waals surface area contributed by atoms with Crippen molar-refractivity contribution in [1.82, 2.24) is 4.72 Å². The summed E-state index contributed by atoms with van der Waals surface area (Å²) >= 11 is 0. The number of esters is 2. The van der Waals surface area contributed by atoms with Crippen molar-refractivity contribution in [3.05, 3.63) is 88.0 Å². The number of hydrogen-bond acceptors (Lipinski definition) is 9. The number of hydrogen-bond donors (Lipinski definition) is 2. The van der Waals surface area contributed by atoms with Crippen molar-refractivity contribution in [3.63, 3.8) is 0 Å². The van der Waals surface area contributed by atoms with Crippen LogP contribution in [0.2, 0.25) is 0 Å². The number of nitrogens with one attached hydrogen (secondary N) is 1. The first-order valence-corrected chi connectivity index (χ1v) is 20.7. The van der Waals surface area contributed by atoms with E-state index >= 15 is 0 Å². The fraction of sp³-hybridized carbons (Fsp3) is 0.524. The third-order valence-corrected chi connectivity index (χ3v) is 10.6. The first-order valence-electron chi connectivity index (χ1n) is 19.2. The number of halogens is 6. The quantitative estimate of drug-likeness (QED) is 0.122. The van der Waals surface area contributed by atoms with Crippen LogP contribution in [0.1, 0.15) is 126 Å². The van der Waals surface area contributed by atoms with Crippen LogP contribution in [0.15, 0.2) is 59.5 Å². The fourth-order valence-electron chi connectivity index (χ4n) is 6.75. The molecule has 3 aromatic carbocycles. The van der Waals surface area contributed by atoms with Gasteiger partial charge in [-0.1, -0.05) is 37.1 Å². The predicted molar refractivity (Wildman–Crippen MR) is 207 cm³/mol. The Morgan fingerprint density at radius 2 is 1.12 bits per heavy atom. The minimum Gasteiger partial charge on any atom is -0.482 e. The van der Waals surface area contributed by atoms with Gasteiger partial charge in [0.25, 0.3) is 0 Å². The Kier molecular flexibility index (Phi) is 15.2. The van der Waals surface area contributed by atoms with Gasteiger partial charge in [0.2, 0.25) is 10.0 Å². The highest BCUT2D eigenvalue weighted by Crippen LogP contribution is 2.39. The van der Waals surface area contributed by atoms with Gasteiger partial charge in [0.05, 0.1) is 16.0 Å². The second kappa shape index (κ2) is 18.9. The maximum atomic E-state index is 13.3. The Bertz CT molecular complexity index is 2020. The lowest BCUT2D eigenvalue weighted by molar-refractivity contribution is -0.158. The second-order valence-electron chi connectivity index (χ2n) is 16.4. The van der Waals surface area contributed by atoms with Crippen molar-refractivity contribution in [2.45, 2.75) is 133 Å². The summed E-state index contributed by atoms with van der Waals surface area (Å²) in [6, 6.07) is 9.98. The Morgan fingerprint density at radius 1 is 0.678 bits per heavy atom. The summed E-state index contributed by atoms with van der Waals surface area (Å²) in [5, 5.41) is 0. The summed E-state index contributed by atoms with van der Waals surface area (Å²) < 4.78 is 130. The van der Waals surface area contributed by atoms with Gasteiger partial charge in [0, 0.05) is 12.1 Å². The normalized spacial score (nSPS) is 17.5. The smallest absolute Gasteiger partial charge is 0.416 e. The first kappa shape index (κ1) is 47.3. The molecule has 2 unspecified atom stereocenters. The predicted octanol–water partition coefficient (Wildman–Crippen LogP) is 9.32. The Labute approximate surface area is 341 Å². The van der Waals surface area contributed by atoms with Crippen LogP contribution >= 0.6 is 0 Å². The molecule has 0 heterocycles. The van der Waals surface area contributed by atoms with Gasteiger partial charge in [-0.3, -0.25) is 0 Å². The lowest BCUT2D eigenvalue weighted by Crippen LogP contribution is -2.30. The highest BCUT2D eigenvalue weighted by molar-refractivity contribution is 7.89. The molecule has 0 fully saturated rings. The molecule has 2 atom stereocenters. The van der Waals surface area contributed by atoms with Crippen molar-refractivity contribution in [2.24, 2.45) is 5.73 Å². The van der Waals surface area contributed by atoms with E-state index in [1.54, 1.807) is 39.0 Å². The summed E-state index contributed by atoms with van der Waals surface area (Å²) in [6.45, 7) is 10.1. The number of carbonyl (C=O) groups excluding carboxylic acids is 2. The van der Waals surface area contributed by atoms with E-state index in [9.17, 15) is 44.3 Å². The van der Waals surface area contributed by atoms with Crippen LogP contribution < -0.4 is 19.9 Å². The summed E-state index contributed by atoms with van der Waals surface area (Å²) in [7, 11) is -4.81. The third-order valence-electron chi connectivity index (χ3n) is 9.17. The van der Waals surface area contributed by atoms with Gasteiger partial charge >= 0.3 is 24.3 Å². The van der Waals surface area contributed by atoms with Crippen LogP contribution in [0.25, 0.3) is 0 Å². The maximum absolute atomic E-state index is 13.3. The topological polar surface area (TPSA) is 143 Å². The van der Waals surface area contributed by atoms with Crippen molar-refractivity contribution >= 4 is 22.0 Å². The summed E-state index contributed by atoms with van der Waals surface area (Å²) in [4.78, 5) is 22.7. The molecule has 2 aliphatic rings. The molecule has 17 heteroatoms. The zero-order valence-corrected chi connectivity index (χ0v) is 34.8. The van der Waals surface area contributed by atoms with E-state index in [1.165, 1.54) is 0 Å². The molecule has 0 aromatic heterocycles. The molecular formula is C42H52F6N2O8S. The number of fused-ring (bicyclic) bond motifs is 2. The average molecular weight is 859 g/mol. The highest BCUT2D eigenvalue weighted by Gasteiger charge is 2.39. The highest BCUT2D eigenvalue weighted by atomic mass is 32.2. The molecule has 0 bridgehead atoms. The Balaban J connectivity index is 0.000000308. The zero-order valence-electron chi connectivity index (χ0n) is 33.9. The van der Waals surface area contributed by atoms with E-state index < -0.39 is 68.2 Å². The molecule has 0 amide bonds. The minimum atomic E-state index is -5.19. The van der Waals surface area contributed by atoms with Gasteiger partial charge in [-0.05, 0) is 133 Å². The van der Waals surface area contributed by atoms with Crippen LogP contribution in [0.4, 0.5) is 26.3 Å². The van der Waals surface area contributed by atoms with Gasteiger partial charge in [-0.15, -0.1) is 0 Å². The standard InChI is InChI=1S/C25H27F6NO5S.C17H25NO3/c1-23(2,3)37-22(33)14-36-21-10-6-8-18-19(21)7-4-5-9-20(18)32-38(34,35)17-12-15(24(26,27)28)11-16(13-17)25(29,30)31;1-17(2,3)21-16(19)11-20-15-10-6-8-12-13(15)7-4-5-9-14(12)18/h6,8,10-13,20,32H,4-5,7,9,14H2,1-3H3;6,8,10,14H,4-5,7,9,11,18H2,1-3H3. The van der Waals surface area contributed by atoms with E-state index in [1.807, 2.05) is 32.9 Å². The number of carbonyl (C=O) groups is 2. The van der Waals surface area contributed by atoms with E-state index in [4.69, 9.17) is 24.7 Å². The van der Waals surface area contributed by atoms with Crippen LogP contribution in [0.3, 0.4) is 0 Å². The van der Waals surface area contributed by atoms with E-state index in [-0.39, 0.29) is 43.2 Å². The number of ether oxygens (including phenoxy) is 4. The molecule has 0 radical (unpaired) electrons. The molecule has 59 heavy (non-hydrogen) atoms. The monoisotopic (exact) mass is 858 g/mol. The Morgan fingerprint density at radius 3 is 1.58 bits per heavy atom. The Hall–Kier alpha value is -4.35. The molecule has 0 spiro atoms. The fourth-order valence-corrected chi connectivity index (χ4v) is 8.07. The molecule has 3 aromatic rings. The molecule has 2 aliphatic carbocycles. The van der Waals surface area contributed by atoms with Gasteiger partial charge in [-0.2, -0.15) is 26.3 Å². The van der Waals surface area contributed by atoms with E-state index in [0.717, 1.165) is 42.6 Å². The molecular weight excluding hydrogens is 807 g/mol. The van der Waals surface area contributed by atoms with Crippen LogP contribution in [-0.2, 0) is 54.3 Å². The van der Waals surface area contributed by atoms with E-state index in [2.05, 4.69) is 10.8 Å². The second-order valence-corrected chi connectivity index (χ2v) is 18.1. The van der Waals surface area contributed by atoms with Crippen molar-refractivity contribution in [1.29, 1.82) is 0 Å². The van der Waals surface area contributed by atoms with Gasteiger partial charge < -0.3 is 24.7 Å². The summed E-state index contributed by atoms with van der Waals surface area (Å²) in [5.41, 5.74) is 4.86. The lowest BCUT2D eigenvalue weighted by Gasteiger charge is -2.22. The molecule has 326 valence electrons. The molecule has 0 saturated heterocycles. The summed E-state index contributed by atoms with van der Waals surface area (Å²) in [5.74, 6) is 0.0950. The third kappa shape index (κ3) is 14.1. The molecule has 0 aliphatic heterocycles.